The Kier molecular flexibility index (Phi) is 4.90. The van der Waals surface area contributed by atoms with Gasteiger partial charge in [-0.15, -0.1) is 11.3 Å². The molecule has 0 saturated carbocycles. The molecule has 31 heavy (non-hydrogen) atoms. The topological polar surface area (TPSA) is 87.5 Å². The second-order valence-electron chi connectivity index (χ2n) is 7.44. The summed E-state index contributed by atoms with van der Waals surface area (Å²) in [6.45, 7) is 0. The van der Waals surface area contributed by atoms with E-state index in [9.17, 15) is 4.79 Å². The number of nitrogens with zero attached hydrogens (tertiary/aromatic N) is 3. The summed E-state index contributed by atoms with van der Waals surface area (Å²) < 4.78 is 18.4. The molecule has 8 nitrogen and oxygen atoms in total. The van der Waals surface area contributed by atoms with Crippen LogP contribution in [0.5, 0.6) is 17.2 Å². The first-order valence-corrected chi connectivity index (χ1v) is 10.8. The third-order valence-electron chi connectivity index (χ3n) is 5.84. The Balaban J connectivity index is 1.67. The van der Waals surface area contributed by atoms with Crippen molar-refractivity contribution in [1.82, 2.24) is 14.8 Å². The molecule has 2 atom stereocenters. The number of allylic oxidation sites excluding steroid dienone is 2. The van der Waals surface area contributed by atoms with E-state index in [0.717, 1.165) is 17.7 Å². The first kappa shape index (κ1) is 19.6. The van der Waals surface area contributed by atoms with Gasteiger partial charge in [0.15, 0.2) is 17.3 Å². The maximum atomic E-state index is 13.5. The average molecular weight is 439 g/mol. The Bertz CT molecular complexity index is 1170. The monoisotopic (exact) mass is 438 g/mol. The molecule has 1 aliphatic heterocycles. The number of carbonyl (C=O) groups excluding carboxylic acids is 1. The van der Waals surface area contributed by atoms with E-state index >= 15 is 0 Å². The average Bonchev–Trinajstić information content (AvgIpc) is 3.48. The zero-order valence-corrected chi connectivity index (χ0v) is 18.2. The molecule has 0 saturated heterocycles. The zero-order chi connectivity index (χ0) is 21.5. The molecule has 2 aliphatic rings. The molecule has 0 radical (unpaired) electrons. The molecule has 160 valence electrons. The Hall–Kier alpha value is -3.33. The molecule has 9 heteroatoms. The van der Waals surface area contributed by atoms with E-state index in [0.29, 0.717) is 35.2 Å². The molecule has 1 aromatic carbocycles. The van der Waals surface area contributed by atoms with E-state index in [1.807, 2.05) is 17.5 Å². The van der Waals surface area contributed by atoms with Crippen LogP contribution in [0.1, 0.15) is 35.2 Å². The van der Waals surface area contributed by atoms with Crippen LogP contribution in [0.4, 0.5) is 5.95 Å². The smallest absolute Gasteiger partial charge is 0.226 e. The standard InChI is InChI=1S/C22H22N4O4S/c1-28-16-10-18(30-3)17(29-2)9-13(16)21-20-14(25-22-23-11-24-26(21)22)7-12(8-15(20)27)19-5-4-6-31-19/h4-6,9-12,21H,7-8H2,1-3H3,(H,23,24,25)/t12-,21-/m1/s1. The summed E-state index contributed by atoms with van der Waals surface area (Å²) in [5.41, 5.74) is 2.34. The van der Waals surface area contributed by atoms with Gasteiger partial charge in [0.2, 0.25) is 5.95 Å². The van der Waals surface area contributed by atoms with E-state index in [4.69, 9.17) is 14.2 Å². The number of thiophene rings is 1. The maximum Gasteiger partial charge on any atom is 0.226 e. The van der Waals surface area contributed by atoms with Gasteiger partial charge in [-0.05, 0) is 23.9 Å². The number of methoxy groups -OCH3 is 3. The molecular weight excluding hydrogens is 416 g/mol. The zero-order valence-electron chi connectivity index (χ0n) is 17.4. The fourth-order valence-corrected chi connectivity index (χ4v) is 5.26. The summed E-state index contributed by atoms with van der Waals surface area (Å²) in [6, 6.07) is 7.27. The lowest BCUT2D eigenvalue weighted by Gasteiger charge is -2.35. The summed E-state index contributed by atoms with van der Waals surface area (Å²) in [6.07, 6.45) is 2.68. The number of benzene rings is 1. The molecule has 0 amide bonds. The minimum absolute atomic E-state index is 0.0927. The molecule has 3 heterocycles. The maximum absolute atomic E-state index is 13.5. The van der Waals surface area contributed by atoms with Gasteiger partial charge < -0.3 is 19.5 Å². The highest BCUT2D eigenvalue weighted by atomic mass is 32.1. The predicted octanol–water partition coefficient (Wildman–Crippen LogP) is 3.78. The second-order valence-corrected chi connectivity index (χ2v) is 8.42. The van der Waals surface area contributed by atoms with Gasteiger partial charge in [0, 0.05) is 40.1 Å². The number of rotatable bonds is 5. The molecule has 5 rings (SSSR count). The Morgan fingerprint density at radius 3 is 2.58 bits per heavy atom. The van der Waals surface area contributed by atoms with Gasteiger partial charge >= 0.3 is 0 Å². The molecule has 0 fully saturated rings. The Morgan fingerprint density at radius 1 is 1.10 bits per heavy atom. The SMILES string of the molecule is COc1cc(OC)c([C@@H]2C3=C(C[C@@H](c4cccs4)CC3=O)Nc3ncnn32)cc1OC. The summed E-state index contributed by atoms with van der Waals surface area (Å²) >= 11 is 1.68. The van der Waals surface area contributed by atoms with Crippen LogP contribution in [0.25, 0.3) is 0 Å². The summed E-state index contributed by atoms with van der Waals surface area (Å²) in [5, 5.41) is 9.81. The largest absolute Gasteiger partial charge is 0.496 e. The van der Waals surface area contributed by atoms with Crippen LogP contribution in [0.2, 0.25) is 0 Å². The molecule has 0 spiro atoms. The molecular formula is C22H22N4O4S. The highest BCUT2D eigenvalue weighted by Gasteiger charge is 2.41. The molecule has 1 N–H and O–H groups in total. The predicted molar refractivity (Wildman–Crippen MR) is 116 cm³/mol. The van der Waals surface area contributed by atoms with Crippen molar-refractivity contribution in [2.24, 2.45) is 0 Å². The van der Waals surface area contributed by atoms with E-state index in [1.54, 1.807) is 43.4 Å². The molecule has 0 unspecified atom stereocenters. The second kappa shape index (κ2) is 7.73. The van der Waals surface area contributed by atoms with Crippen molar-refractivity contribution in [2.45, 2.75) is 24.8 Å². The minimum atomic E-state index is -0.472. The number of anilines is 1. The van der Waals surface area contributed by atoms with Crippen molar-refractivity contribution in [1.29, 1.82) is 0 Å². The first-order valence-electron chi connectivity index (χ1n) is 9.90. The number of ether oxygens (including phenoxy) is 3. The van der Waals surface area contributed by atoms with Crippen LogP contribution >= 0.6 is 11.3 Å². The highest BCUT2D eigenvalue weighted by Crippen LogP contribution is 2.48. The van der Waals surface area contributed by atoms with Crippen LogP contribution in [0, 0.1) is 0 Å². The van der Waals surface area contributed by atoms with Crippen molar-refractivity contribution < 1.29 is 19.0 Å². The number of fused-ring (bicyclic) bond motifs is 1. The van der Waals surface area contributed by atoms with Gasteiger partial charge in [0.05, 0.1) is 21.3 Å². The Morgan fingerprint density at radius 2 is 1.87 bits per heavy atom. The summed E-state index contributed by atoms with van der Waals surface area (Å²) in [4.78, 5) is 19.1. The van der Waals surface area contributed by atoms with E-state index < -0.39 is 6.04 Å². The number of hydrogen-bond acceptors (Lipinski definition) is 8. The first-order chi connectivity index (χ1) is 15.1. The fraction of sp³-hybridized carbons (Fsp3) is 0.318. The number of Topliss-reactive ketones (excluding diaryl/α,β-unsaturated/α-hetero) is 1. The third-order valence-corrected chi connectivity index (χ3v) is 6.87. The molecule has 3 aromatic rings. The van der Waals surface area contributed by atoms with Crippen molar-refractivity contribution in [2.75, 3.05) is 26.6 Å². The number of aromatic nitrogens is 3. The van der Waals surface area contributed by atoms with Gasteiger partial charge in [0.1, 0.15) is 18.1 Å². The molecule has 1 aliphatic carbocycles. The van der Waals surface area contributed by atoms with Crippen molar-refractivity contribution in [3.63, 3.8) is 0 Å². The lowest BCUT2D eigenvalue weighted by atomic mass is 9.79. The fourth-order valence-electron chi connectivity index (χ4n) is 4.43. The highest BCUT2D eigenvalue weighted by molar-refractivity contribution is 7.10. The van der Waals surface area contributed by atoms with E-state index in [1.165, 1.54) is 11.2 Å². The number of ketones is 1. The van der Waals surface area contributed by atoms with Gasteiger partial charge in [0.25, 0.3) is 0 Å². The molecule has 0 bridgehead atoms. The van der Waals surface area contributed by atoms with Crippen molar-refractivity contribution >= 4 is 23.1 Å². The van der Waals surface area contributed by atoms with Crippen LogP contribution in [0.3, 0.4) is 0 Å². The Labute approximate surface area is 183 Å². The van der Waals surface area contributed by atoms with E-state index in [-0.39, 0.29) is 11.7 Å². The van der Waals surface area contributed by atoms with Crippen LogP contribution in [0.15, 0.2) is 47.2 Å². The normalized spacial score (nSPS) is 20.0. The summed E-state index contributed by atoms with van der Waals surface area (Å²) in [7, 11) is 4.76. The van der Waals surface area contributed by atoms with Crippen LogP contribution < -0.4 is 19.5 Å². The minimum Gasteiger partial charge on any atom is -0.496 e. The van der Waals surface area contributed by atoms with Crippen molar-refractivity contribution in [3.05, 3.63) is 57.7 Å². The van der Waals surface area contributed by atoms with E-state index in [2.05, 4.69) is 21.5 Å². The number of hydrogen-bond donors (Lipinski definition) is 1. The van der Waals surface area contributed by atoms with Gasteiger partial charge in [-0.3, -0.25) is 4.79 Å². The quantitative estimate of drug-likeness (QED) is 0.649. The number of nitrogens with one attached hydrogen (secondary N) is 1. The van der Waals surface area contributed by atoms with Crippen LogP contribution in [-0.2, 0) is 4.79 Å². The van der Waals surface area contributed by atoms with Crippen LogP contribution in [-0.4, -0.2) is 41.9 Å². The lowest BCUT2D eigenvalue weighted by molar-refractivity contribution is -0.116. The third kappa shape index (κ3) is 3.16. The summed E-state index contributed by atoms with van der Waals surface area (Å²) in [5.74, 6) is 2.54. The van der Waals surface area contributed by atoms with Gasteiger partial charge in [-0.25, -0.2) is 4.68 Å². The van der Waals surface area contributed by atoms with Gasteiger partial charge in [-0.1, -0.05) is 6.07 Å². The molecule has 2 aromatic heterocycles. The van der Waals surface area contributed by atoms with Crippen molar-refractivity contribution in [3.8, 4) is 17.2 Å². The lowest BCUT2D eigenvalue weighted by Crippen LogP contribution is -2.33. The number of carbonyl (C=O) groups is 1. The van der Waals surface area contributed by atoms with Gasteiger partial charge in [-0.2, -0.15) is 10.1 Å².